The number of aryl methyl sites for hydroxylation is 4. The van der Waals surface area contributed by atoms with Crippen molar-refractivity contribution < 1.29 is 65.9 Å². The van der Waals surface area contributed by atoms with Gasteiger partial charge in [0.15, 0.2) is 0 Å². The molecule has 24 heteroatoms. The van der Waals surface area contributed by atoms with Gasteiger partial charge < -0.3 is 75.9 Å². The summed E-state index contributed by atoms with van der Waals surface area (Å²) in [4.78, 5) is 49.1. The molecular formula is C100H122Cl2N8O14. The number of unbranched alkanes of at least 4 members (excludes halogenated alkanes) is 8. The molecule has 8 aliphatic rings. The molecule has 4 aromatic heterocycles. The molecule has 16 rings (SSSR count). The van der Waals surface area contributed by atoms with E-state index < -0.39 is 24.1 Å². The Morgan fingerprint density at radius 2 is 0.597 bits per heavy atom. The standard InChI is InChI=1S/2C26H31ClN2O4.2C24H30N2O3/c2*1-4-6-7-8-18-9-11-19(12-10-18)22-13-20-16-29(17(3)28-26(20)33-22)24-14-23(21(5-2)31-24)32-25(30)15-27;2*1-4-6-7-8-17-9-11-18(12-10-17)22-13-19-15-26(16(3)25-24(19)29-22)23-14-20(27)21(5-2)28-23/h2*9-13,16,21,23-24H,3-8,14-15H2,1-2H3;2*9-13,15,20-21,23,27H,3-8,14H2,1-2H3. The summed E-state index contributed by atoms with van der Waals surface area (Å²) in [5.74, 6) is 4.10. The van der Waals surface area contributed by atoms with Crippen LogP contribution in [-0.4, -0.2) is 127 Å². The fourth-order valence-corrected chi connectivity index (χ4v) is 16.9. The molecule has 0 bridgehead atoms. The van der Waals surface area contributed by atoms with E-state index in [0.717, 1.165) is 118 Å². The normalized spacial score (nSPS) is 22.7. The number of aliphatic hydroxyl groups excluding tert-OH is 2. The van der Waals surface area contributed by atoms with E-state index in [9.17, 15) is 19.8 Å². The van der Waals surface area contributed by atoms with Gasteiger partial charge in [-0.25, -0.2) is 0 Å². The number of carbonyl (C=O) groups is 2. The highest BCUT2D eigenvalue weighted by Crippen LogP contribution is 2.36. The Kier molecular flexibility index (Phi) is 32.5. The molecule has 12 unspecified atom stereocenters. The molecular weight excluding hydrogens is 1610 g/mol. The van der Waals surface area contributed by atoms with Gasteiger partial charge >= 0.3 is 11.9 Å². The van der Waals surface area contributed by atoms with Crippen molar-refractivity contribution in [1.82, 2.24) is 19.6 Å². The van der Waals surface area contributed by atoms with Crippen LogP contribution in [0.3, 0.4) is 0 Å². The first kappa shape index (κ1) is 91.8. The lowest BCUT2D eigenvalue weighted by molar-refractivity contribution is -0.149. The molecule has 12 heterocycles. The maximum Gasteiger partial charge on any atom is 0.321 e. The molecule has 0 spiro atoms. The summed E-state index contributed by atoms with van der Waals surface area (Å²) in [6.45, 7) is 33.2. The minimum atomic E-state index is -0.455. The molecule has 0 amide bonds. The quantitative estimate of drug-likeness (QED) is 0.0226. The number of ether oxygens (including phenoxy) is 6. The van der Waals surface area contributed by atoms with Gasteiger partial charge in [0.1, 0.15) is 95.2 Å². The lowest BCUT2D eigenvalue weighted by atomic mass is 10.0. The van der Waals surface area contributed by atoms with Crippen molar-refractivity contribution in [2.24, 2.45) is 20.0 Å². The van der Waals surface area contributed by atoms with Crippen LogP contribution in [0.15, 0.2) is 209 Å². The number of fused-ring (bicyclic) bond motifs is 4. The Morgan fingerprint density at radius 3 is 0.815 bits per heavy atom. The minimum absolute atomic E-state index is 0.140. The molecule has 2 N–H and O–H groups in total. The number of carbonyl (C=O) groups excluding carboxylic acids is 2. The summed E-state index contributed by atoms with van der Waals surface area (Å²) >= 11 is 11.2. The monoisotopic (exact) mass is 1730 g/mol. The minimum Gasteiger partial charge on any atom is -0.459 e. The van der Waals surface area contributed by atoms with Crippen molar-refractivity contribution in [1.29, 1.82) is 0 Å². The van der Waals surface area contributed by atoms with Crippen LogP contribution < -0.4 is 43.1 Å². The Morgan fingerprint density at radius 1 is 0.363 bits per heavy atom. The van der Waals surface area contributed by atoms with Crippen LogP contribution in [0.25, 0.3) is 70.1 Å². The van der Waals surface area contributed by atoms with Crippen LogP contribution in [0.2, 0.25) is 0 Å². The molecule has 8 aliphatic heterocycles. The second-order valence-electron chi connectivity index (χ2n) is 32.9. The van der Waals surface area contributed by atoms with E-state index in [1.807, 2.05) is 96.4 Å². The zero-order valence-electron chi connectivity index (χ0n) is 73.1. The second-order valence-corrected chi connectivity index (χ2v) is 33.4. The summed E-state index contributed by atoms with van der Waals surface area (Å²) in [6, 6.07) is 42.2. The van der Waals surface area contributed by atoms with Gasteiger partial charge in [-0.05, 0) is 124 Å². The van der Waals surface area contributed by atoms with Crippen LogP contribution in [0, 0.1) is 0 Å². The number of nitrogens with zero attached hydrogens (tertiary/aromatic N) is 8. The zero-order valence-corrected chi connectivity index (χ0v) is 74.6. The van der Waals surface area contributed by atoms with Gasteiger partial charge in [0.05, 0.1) is 57.5 Å². The predicted octanol–water partition coefficient (Wildman–Crippen LogP) is 16.4. The Hall–Kier alpha value is -9.88. The van der Waals surface area contributed by atoms with Gasteiger partial charge in [0.2, 0.25) is 22.2 Å². The zero-order chi connectivity index (χ0) is 87.5. The number of halogens is 2. The number of esters is 2. The molecule has 4 saturated heterocycles. The fourth-order valence-electron chi connectivity index (χ4n) is 16.7. The van der Waals surface area contributed by atoms with Gasteiger partial charge in [-0.15, -0.1) is 23.2 Å². The van der Waals surface area contributed by atoms with Crippen LogP contribution >= 0.6 is 23.2 Å². The number of aliphatic hydroxyl groups is 2. The largest absolute Gasteiger partial charge is 0.459 e. The SMILES string of the molecule is C=C1N=c2oc(-c3ccc(CCCCC)cc3)cc2=CN1C1CC(O)C(CC)O1.C=C1N=c2oc(-c3ccc(CCCCC)cc3)cc2=CN1C1CC(O)C(CC)O1.C=C1N=c2oc(-c3ccc(CCCCC)cc3)cc2=CN1C1CC(OC(=O)CCl)C(CC)O1.C=C1N=c2oc(-c3ccc(CCCCC)cc3)cc2=CN1C1CC(OC(=O)CCl)C(CC)O1. The van der Waals surface area contributed by atoms with Crippen LogP contribution in [0.4, 0.5) is 0 Å². The van der Waals surface area contributed by atoms with Gasteiger partial charge in [0.25, 0.3) is 0 Å². The van der Waals surface area contributed by atoms with Crippen molar-refractivity contribution in [3.8, 4) is 45.3 Å². The summed E-state index contributed by atoms with van der Waals surface area (Å²) in [7, 11) is 0. The number of alkyl halides is 2. The molecule has 0 aliphatic carbocycles. The van der Waals surface area contributed by atoms with Crippen molar-refractivity contribution >= 4 is 59.9 Å². The van der Waals surface area contributed by atoms with E-state index >= 15 is 0 Å². The third kappa shape index (κ3) is 22.9. The number of rotatable bonds is 32. The lowest BCUT2D eigenvalue weighted by Gasteiger charge is -2.27. The van der Waals surface area contributed by atoms with E-state index in [2.05, 4.69) is 171 Å². The first-order valence-corrected chi connectivity index (χ1v) is 45.8. The Bertz CT molecular complexity index is 5190. The third-order valence-corrected chi connectivity index (χ3v) is 24.3. The predicted molar refractivity (Wildman–Crippen MR) is 482 cm³/mol. The first-order valence-electron chi connectivity index (χ1n) is 44.8. The molecule has 660 valence electrons. The van der Waals surface area contributed by atoms with Crippen molar-refractivity contribution in [3.05, 3.63) is 236 Å². The van der Waals surface area contributed by atoms with Crippen molar-refractivity contribution in [3.63, 3.8) is 0 Å². The highest BCUT2D eigenvalue weighted by Gasteiger charge is 2.43. The van der Waals surface area contributed by atoms with Gasteiger partial charge in [-0.1, -0.05) is 230 Å². The smallest absolute Gasteiger partial charge is 0.321 e. The summed E-state index contributed by atoms with van der Waals surface area (Å²) in [6.07, 6.45) is 28.8. The maximum absolute atomic E-state index is 11.7. The molecule has 4 fully saturated rings. The molecule has 12 atom stereocenters. The topological polar surface area (TPSA) is 245 Å². The summed E-state index contributed by atoms with van der Waals surface area (Å²) < 4.78 is 59.3. The second kappa shape index (κ2) is 43.8. The summed E-state index contributed by atoms with van der Waals surface area (Å²) in [5.41, 5.74) is 11.7. The summed E-state index contributed by atoms with van der Waals surface area (Å²) in [5, 5.41) is 23.9. The Balaban J connectivity index is 0.000000142. The van der Waals surface area contributed by atoms with Gasteiger partial charge in [-0.2, -0.15) is 20.0 Å². The molecule has 4 aromatic carbocycles. The van der Waals surface area contributed by atoms with Crippen molar-refractivity contribution in [2.75, 3.05) is 11.8 Å². The Labute approximate surface area is 737 Å². The molecule has 0 saturated carbocycles. The molecule has 8 aromatic rings. The van der Waals surface area contributed by atoms with Gasteiger partial charge in [-0.3, -0.25) is 9.59 Å². The molecule has 0 radical (unpaired) electrons. The third-order valence-electron chi connectivity index (χ3n) is 23.8. The maximum atomic E-state index is 11.7. The van der Waals surface area contributed by atoms with E-state index in [-0.39, 0.29) is 73.3 Å². The average Bonchev–Trinajstić information content (AvgIpc) is 1.65. The van der Waals surface area contributed by atoms with Crippen molar-refractivity contribution in [2.45, 2.75) is 283 Å². The number of hydrogen-bond acceptors (Lipinski definition) is 22. The highest BCUT2D eigenvalue weighted by molar-refractivity contribution is 6.26. The lowest BCUT2D eigenvalue weighted by Crippen LogP contribution is -2.37. The van der Waals surface area contributed by atoms with E-state index in [0.29, 0.717) is 71.2 Å². The number of benzene rings is 4. The van der Waals surface area contributed by atoms with E-state index in [4.69, 9.17) is 69.3 Å². The van der Waals surface area contributed by atoms with Crippen LogP contribution in [0.1, 0.15) is 206 Å². The van der Waals surface area contributed by atoms with E-state index in [1.54, 1.807) is 0 Å². The van der Waals surface area contributed by atoms with Crippen LogP contribution in [0.5, 0.6) is 0 Å². The average molecular weight is 1730 g/mol. The number of furan rings is 4. The highest BCUT2D eigenvalue weighted by atomic mass is 35.5. The van der Waals surface area contributed by atoms with Crippen LogP contribution in [-0.2, 0) is 63.7 Å². The first-order chi connectivity index (χ1) is 60.2. The number of hydrogen-bond donors (Lipinski definition) is 2. The fraction of sp³-hybridized carbons (Fsp3) is 0.460. The van der Waals surface area contributed by atoms with E-state index in [1.165, 1.54) is 99.3 Å². The molecule has 124 heavy (non-hydrogen) atoms. The molecule has 22 nitrogen and oxygen atoms in total. The van der Waals surface area contributed by atoms with Gasteiger partial charge in [0, 0.05) is 72.7 Å².